The van der Waals surface area contributed by atoms with E-state index in [-0.39, 0.29) is 18.3 Å². The number of rotatable bonds is 3. The third-order valence-electron chi connectivity index (χ3n) is 5.68. The molecule has 2 aliphatic rings. The summed E-state index contributed by atoms with van der Waals surface area (Å²) in [6.45, 7) is -0.116. The third-order valence-corrected chi connectivity index (χ3v) is 5.68. The molecule has 1 aromatic carbocycles. The van der Waals surface area contributed by atoms with Crippen molar-refractivity contribution in [3.05, 3.63) is 47.8 Å². The molecular weight excluding hydrogens is 426 g/mol. The van der Waals surface area contributed by atoms with E-state index in [4.69, 9.17) is 4.74 Å². The van der Waals surface area contributed by atoms with Crippen molar-refractivity contribution in [1.82, 2.24) is 20.2 Å². The first-order valence-corrected chi connectivity index (χ1v) is 10.2. The molecule has 0 aliphatic carbocycles. The summed E-state index contributed by atoms with van der Waals surface area (Å²) in [5.74, 6) is 6.08. The van der Waals surface area contributed by atoms with Gasteiger partial charge in [-0.1, -0.05) is 11.8 Å². The lowest BCUT2D eigenvalue weighted by molar-refractivity contribution is -0.122. The number of imide groups is 1. The highest BCUT2D eigenvalue weighted by Crippen LogP contribution is 2.32. The standard InChI is InChI=1S/C23H19N5O5/c1-33-16-4-2-15-11-28(20(30)17(15)9-16)12-23(21(31)26-22(32)27-23)7-6-13-8-14-3-5-18(29)25-19(14)24-10-13/h2,4,8-11,30H,3,5,12H2,1H3,(H,24,25,29)(H2,26,27,31,32)/t23-/m1/s1. The Bertz CT molecular complexity index is 1400. The number of carbonyl (C=O) groups excluding carboxylic acids is 3. The lowest BCUT2D eigenvalue weighted by atomic mass is 9.99. The minimum atomic E-state index is -1.60. The zero-order valence-electron chi connectivity index (χ0n) is 17.6. The number of hydrogen-bond donors (Lipinski definition) is 4. The fourth-order valence-corrected chi connectivity index (χ4v) is 3.96. The number of fused-ring (bicyclic) bond motifs is 2. The number of aromatic hydroxyl groups is 1. The van der Waals surface area contributed by atoms with Crippen LogP contribution in [0.3, 0.4) is 0 Å². The molecule has 0 saturated carbocycles. The van der Waals surface area contributed by atoms with Crippen molar-refractivity contribution in [3.63, 3.8) is 0 Å². The Balaban J connectivity index is 1.52. The fraction of sp³-hybridized carbons (Fsp3) is 0.217. The number of aromatic nitrogens is 2. The van der Waals surface area contributed by atoms with Gasteiger partial charge in [-0.2, -0.15) is 0 Å². The Kier molecular flexibility index (Phi) is 4.67. The number of benzene rings is 1. The largest absolute Gasteiger partial charge is 0.497 e. The fourth-order valence-electron chi connectivity index (χ4n) is 3.96. The molecule has 4 N–H and O–H groups in total. The van der Waals surface area contributed by atoms with Gasteiger partial charge < -0.3 is 25.0 Å². The molecule has 3 aromatic rings. The molecule has 166 valence electrons. The minimum absolute atomic E-state index is 0.0785. The van der Waals surface area contributed by atoms with E-state index in [1.54, 1.807) is 30.5 Å². The predicted octanol–water partition coefficient (Wildman–Crippen LogP) is 1.27. The highest BCUT2D eigenvalue weighted by molar-refractivity contribution is 6.09. The van der Waals surface area contributed by atoms with E-state index in [1.165, 1.54) is 17.9 Å². The molecule has 0 bridgehead atoms. The number of pyridine rings is 1. The van der Waals surface area contributed by atoms with E-state index in [0.29, 0.717) is 35.4 Å². The summed E-state index contributed by atoms with van der Waals surface area (Å²) < 4.78 is 6.67. The molecular formula is C23H19N5O5. The first-order valence-electron chi connectivity index (χ1n) is 10.2. The van der Waals surface area contributed by atoms with E-state index in [2.05, 4.69) is 32.8 Å². The average Bonchev–Trinajstić information content (AvgIpc) is 3.26. The monoisotopic (exact) mass is 445 g/mol. The van der Waals surface area contributed by atoms with Crippen LogP contribution >= 0.6 is 0 Å². The number of nitrogens with zero attached hydrogens (tertiary/aromatic N) is 2. The van der Waals surface area contributed by atoms with Crippen LogP contribution in [0.2, 0.25) is 0 Å². The molecule has 2 aromatic heterocycles. The first kappa shape index (κ1) is 20.4. The Labute approximate surface area is 187 Å². The van der Waals surface area contributed by atoms with Crippen LogP contribution in [0.5, 0.6) is 11.6 Å². The molecule has 0 radical (unpaired) electrons. The van der Waals surface area contributed by atoms with Gasteiger partial charge in [0, 0.05) is 35.2 Å². The van der Waals surface area contributed by atoms with Gasteiger partial charge in [0.2, 0.25) is 11.4 Å². The quantitative estimate of drug-likeness (QED) is 0.354. The van der Waals surface area contributed by atoms with Crippen LogP contribution < -0.4 is 20.7 Å². The second kappa shape index (κ2) is 7.56. The maximum Gasteiger partial charge on any atom is 0.323 e. The van der Waals surface area contributed by atoms with Crippen molar-refractivity contribution in [3.8, 4) is 23.5 Å². The summed E-state index contributed by atoms with van der Waals surface area (Å²) in [5, 5.41) is 19.5. The van der Waals surface area contributed by atoms with Crippen molar-refractivity contribution in [2.45, 2.75) is 24.9 Å². The van der Waals surface area contributed by atoms with E-state index >= 15 is 0 Å². The SMILES string of the molecule is COc1ccc2cn(C[C@@]3(C#Cc4cnc5c(c4)CCC(=O)N5)NC(=O)NC3=O)c(O)c2c1. The zero-order valence-corrected chi connectivity index (χ0v) is 17.6. The summed E-state index contributed by atoms with van der Waals surface area (Å²) >= 11 is 0. The second-order valence-electron chi connectivity index (χ2n) is 7.88. The molecule has 0 spiro atoms. The Hall–Kier alpha value is -4.52. The lowest BCUT2D eigenvalue weighted by Gasteiger charge is -2.21. The number of carbonyl (C=O) groups is 3. The molecule has 1 fully saturated rings. The lowest BCUT2D eigenvalue weighted by Crippen LogP contribution is -2.49. The van der Waals surface area contributed by atoms with Crippen LogP contribution in [0.25, 0.3) is 10.8 Å². The number of anilines is 1. The van der Waals surface area contributed by atoms with Gasteiger partial charge in [0.1, 0.15) is 11.6 Å². The number of urea groups is 1. The molecule has 10 heteroatoms. The number of methoxy groups -OCH3 is 1. The van der Waals surface area contributed by atoms with E-state index in [9.17, 15) is 19.5 Å². The van der Waals surface area contributed by atoms with Gasteiger partial charge in [0.25, 0.3) is 5.91 Å². The molecule has 0 unspecified atom stereocenters. The smallest absolute Gasteiger partial charge is 0.323 e. The Morgan fingerprint density at radius 3 is 2.82 bits per heavy atom. The second-order valence-corrected chi connectivity index (χ2v) is 7.88. The van der Waals surface area contributed by atoms with Gasteiger partial charge in [-0.25, -0.2) is 9.78 Å². The molecule has 1 atom stereocenters. The van der Waals surface area contributed by atoms with Crippen LogP contribution in [0.1, 0.15) is 17.5 Å². The van der Waals surface area contributed by atoms with Crippen LogP contribution in [-0.2, 0) is 22.6 Å². The zero-order chi connectivity index (χ0) is 23.2. The van der Waals surface area contributed by atoms with Crippen LogP contribution in [0, 0.1) is 11.8 Å². The van der Waals surface area contributed by atoms with Crippen molar-refractivity contribution < 1.29 is 24.2 Å². The van der Waals surface area contributed by atoms with Gasteiger partial charge in [0.15, 0.2) is 5.88 Å². The van der Waals surface area contributed by atoms with Gasteiger partial charge in [0.05, 0.1) is 13.7 Å². The Morgan fingerprint density at radius 1 is 1.21 bits per heavy atom. The summed E-state index contributed by atoms with van der Waals surface area (Å²) in [7, 11) is 1.53. The van der Waals surface area contributed by atoms with Gasteiger partial charge in [-0.05, 0) is 36.2 Å². The van der Waals surface area contributed by atoms with Crippen molar-refractivity contribution in [1.29, 1.82) is 0 Å². The van der Waals surface area contributed by atoms with Crippen molar-refractivity contribution in [2.75, 3.05) is 12.4 Å². The van der Waals surface area contributed by atoms with Crippen LogP contribution in [-0.4, -0.2) is 45.2 Å². The van der Waals surface area contributed by atoms with E-state index in [0.717, 1.165) is 10.9 Å². The predicted molar refractivity (Wildman–Crippen MR) is 118 cm³/mol. The van der Waals surface area contributed by atoms with Crippen LogP contribution in [0.15, 0.2) is 36.7 Å². The minimum Gasteiger partial charge on any atom is -0.497 e. The average molecular weight is 445 g/mol. The topological polar surface area (TPSA) is 135 Å². The van der Waals surface area contributed by atoms with Gasteiger partial charge >= 0.3 is 6.03 Å². The van der Waals surface area contributed by atoms with Crippen molar-refractivity contribution in [2.24, 2.45) is 0 Å². The first-order chi connectivity index (χ1) is 15.9. The normalized spacial score (nSPS) is 19.2. The summed E-state index contributed by atoms with van der Waals surface area (Å²) in [5.41, 5.74) is -0.221. The number of nitrogens with one attached hydrogen (secondary N) is 3. The Morgan fingerprint density at radius 2 is 2.06 bits per heavy atom. The highest BCUT2D eigenvalue weighted by Gasteiger charge is 2.46. The summed E-state index contributed by atoms with van der Waals surface area (Å²) in [6, 6.07) is 6.36. The van der Waals surface area contributed by atoms with E-state index in [1.807, 2.05) is 0 Å². The van der Waals surface area contributed by atoms with E-state index < -0.39 is 17.5 Å². The maximum absolute atomic E-state index is 12.8. The summed E-state index contributed by atoms with van der Waals surface area (Å²) in [4.78, 5) is 40.5. The maximum atomic E-state index is 12.8. The summed E-state index contributed by atoms with van der Waals surface area (Å²) in [6.07, 6.45) is 4.07. The highest BCUT2D eigenvalue weighted by atomic mass is 16.5. The number of hydrogen-bond acceptors (Lipinski definition) is 6. The molecule has 2 aliphatic heterocycles. The van der Waals surface area contributed by atoms with Gasteiger partial charge in [-0.15, -0.1) is 0 Å². The van der Waals surface area contributed by atoms with Gasteiger partial charge in [-0.3, -0.25) is 14.9 Å². The molecule has 4 heterocycles. The number of ether oxygens (including phenoxy) is 1. The van der Waals surface area contributed by atoms with Crippen molar-refractivity contribution >= 4 is 34.4 Å². The number of amides is 4. The molecule has 33 heavy (non-hydrogen) atoms. The molecule has 4 amide bonds. The molecule has 1 saturated heterocycles. The van der Waals surface area contributed by atoms with Crippen LogP contribution in [0.4, 0.5) is 10.6 Å². The molecule has 5 rings (SSSR count). The third kappa shape index (κ3) is 3.59. The molecule has 10 nitrogen and oxygen atoms in total. The number of aryl methyl sites for hydroxylation is 1.